The van der Waals surface area contributed by atoms with Crippen molar-refractivity contribution >= 4 is 11.5 Å². The largest absolute Gasteiger partial charge is 0.437 e. The summed E-state index contributed by atoms with van der Waals surface area (Å²) in [6.07, 6.45) is 4.94. The van der Waals surface area contributed by atoms with Gasteiger partial charge in [0.1, 0.15) is 17.8 Å². The second-order valence-corrected chi connectivity index (χ2v) is 5.07. The lowest BCUT2D eigenvalue weighted by atomic mass is 10.2. The highest BCUT2D eigenvalue weighted by atomic mass is 16.5. The second-order valence-electron chi connectivity index (χ2n) is 5.07. The van der Waals surface area contributed by atoms with Gasteiger partial charge in [-0.1, -0.05) is 23.8 Å². The molecule has 0 saturated carbocycles. The van der Waals surface area contributed by atoms with Crippen LogP contribution in [-0.2, 0) is 6.54 Å². The van der Waals surface area contributed by atoms with Crippen molar-refractivity contribution in [1.29, 1.82) is 0 Å². The first-order valence-electron chi connectivity index (χ1n) is 7.20. The number of rotatable bonds is 5. The first-order chi connectivity index (χ1) is 11.2. The van der Waals surface area contributed by atoms with Gasteiger partial charge in [-0.2, -0.15) is 4.98 Å². The Morgan fingerprint density at radius 3 is 2.70 bits per heavy atom. The van der Waals surface area contributed by atoms with E-state index in [9.17, 15) is 0 Å². The predicted octanol–water partition coefficient (Wildman–Crippen LogP) is 3.17. The number of nitrogen functional groups attached to an aromatic ring is 1. The standard InChI is InChI=1S/C17H17N5O/c1-12-4-6-14(7-5-12)23-17-15(18)16(21-11-22-17)20-10-13-3-2-8-19-9-13/h2-9,11H,10,18H2,1H3,(H,20,21,22). The Labute approximate surface area is 134 Å². The Hall–Kier alpha value is -3.15. The van der Waals surface area contributed by atoms with E-state index in [0.29, 0.717) is 29.7 Å². The highest BCUT2D eigenvalue weighted by molar-refractivity contribution is 5.67. The van der Waals surface area contributed by atoms with Crippen LogP contribution in [0.5, 0.6) is 11.6 Å². The van der Waals surface area contributed by atoms with Gasteiger partial charge in [-0.3, -0.25) is 4.98 Å². The molecule has 2 aromatic heterocycles. The molecule has 0 fully saturated rings. The van der Waals surface area contributed by atoms with Crippen LogP contribution in [0.3, 0.4) is 0 Å². The van der Waals surface area contributed by atoms with E-state index in [1.54, 1.807) is 12.4 Å². The molecule has 0 saturated heterocycles. The number of aryl methyl sites for hydroxylation is 1. The van der Waals surface area contributed by atoms with Gasteiger partial charge in [0.15, 0.2) is 5.82 Å². The maximum absolute atomic E-state index is 6.10. The van der Waals surface area contributed by atoms with E-state index in [1.807, 2.05) is 43.3 Å². The van der Waals surface area contributed by atoms with Crippen molar-refractivity contribution in [2.24, 2.45) is 0 Å². The maximum atomic E-state index is 6.10. The zero-order valence-corrected chi connectivity index (χ0v) is 12.7. The van der Waals surface area contributed by atoms with Crippen molar-refractivity contribution < 1.29 is 4.74 Å². The lowest BCUT2D eigenvalue weighted by Crippen LogP contribution is -2.06. The summed E-state index contributed by atoms with van der Waals surface area (Å²) in [4.78, 5) is 12.3. The summed E-state index contributed by atoms with van der Waals surface area (Å²) in [5.41, 5.74) is 8.66. The molecular formula is C17H17N5O. The highest BCUT2D eigenvalue weighted by Crippen LogP contribution is 2.29. The van der Waals surface area contributed by atoms with E-state index >= 15 is 0 Å². The van der Waals surface area contributed by atoms with E-state index < -0.39 is 0 Å². The molecule has 3 N–H and O–H groups in total. The summed E-state index contributed by atoms with van der Waals surface area (Å²) < 4.78 is 5.73. The van der Waals surface area contributed by atoms with Crippen molar-refractivity contribution in [2.75, 3.05) is 11.1 Å². The number of aromatic nitrogens is 3. The average molecular weight is 307 g/mol. The van der Waals surface area contributed by atoms with Gasteiger partial charge in [-0.05, 0) is 30.7 Å². The molecule has 3 rings (SSSR count). The third-order valence-electron chi connectivity index (χ3n) is 3.27. The van der Waals surface area contributed by atoms with E-state index in [1.165, 1.54) is 6.33 Å². The van der Waals surface area contributed by atoms with Crippen LogP contribution in [0.15, 0.2) is 55.1 Å². The number of nitrogens with zero attached hydrogens (tertiary/aromatic N) is 3. The number of hydrogen-bond donors (Lipinski definition) is 2. The van der Waals surface area contributed by atoms with Crippen LogP contribution in [0.2, 0.25) is 0 Å². The summed E-state index contributed by atoms with van der Waals surface area (Å²) in [5, 5.41) is 3.17. The van der Waals surface area contributed by atoms with Crippen LogP contribution in [0.4, 0.5) is 11.5 Å². The average Bonchev–Trinajstić information content (AvgIpc) is 2.58. The van der Waals surface area contributed by atoms with Crippen molar-refractivity contribution in [1.82, 2.24) is 15.0 Å². The minimum Gasteiger partial charge on any atom is -0.437 e. The topological polar surface area (TPSA) is 86.0 Å². The molecule has 23 heavy (non-hydrogen) atoms. The normalized spacial score (nSPS) is 10.3. The zero-order valence-electron chi connectivity index (χ0n) is 12.7. The van der Waals surface area contributed by atoms with E-state index in [-0.39, 0.29) is 0 Å². The molecule has 2 heterocycles. The summed E-state index contributed by atoms with van der Waals surface area (Å²) in [6, 6.07) is 11.5. The number of pyridine rings is 1. The summed E-state index contributed by atoms with van der Waals surface area (Å²) in [5.74, 6) is 1.54. The van der Waals surface area contributed by atoms with Crippen LogP contribution in [0, 0.1) is 6.92 Å². The molecule has 0 radical (unpaired) electrons. The molecule has 0 aliphatic carbocycles. The van der Waals surface area contributed by atoms with E-state index in [2.05, 4.69) is 20.3 Å². The third kappa shape index (κ3) is 3.74. The van der Waals surface area contributed by atoms with Crippen LogP contribution in [0.25, 0.3) is 0 Å². The minimum absolute atomic E-state index is 0.331. The zero-order chi connectivity index (χ0) is 16.1. The highest BCUT2D eigenvalue weighted by Gasteiger charge is 2.10. The Bertz CT molecular complexity index is 775. The molecular weight excluding hydrogens is 290 g/mol. The van der Waals surface area contributed by atoms with Crippen molar-refractivity contribution in [3.05, 3.63) is 66.2 Å². The molecule has 0 aliphatic heterocycles. The van der Waals surface area contributed by atoms with Crippen LogP contribution in [0.1, 0.15) is 11.1 Å². The molecule has 1 aromatic carbocycles. The van der Waals surface area contributed by atoms with Gasteiger partial charge in [-0.15, -0.1) is 0 Å². The van der Waals surface area contributed by atoms with Crippen molar-refractivity contribution in [3.8, 4) is 11.6 Å². The number of nitrogens with one attached hydrogen (secondary N) is 1. The van der Waals surface area contributed by atoms with Gasteiger partial charge in [0.25, 0.3) is 0 Å². The first kappa shape index (κ1) is 14.8. The molecule has 0 amide bonds. The molecule has 0 unspecified atom stereocenters. The molecule has 0 bridgehead atoms. The molecule has 116 valence electrons. The SMILES string of the molecule is Cc1ccc(Oc2ncnc(NCc3cccnc3)c2N)cc1. The Morgan fingerprint density at radius 2 is 1.96 bits per heavy atom. The first-order valence-corrected chi connectivity index (χ1v) is 7.20. The Morgan fingerprint density at radius 1 is 1.13 bits per heavy atom. The van der Waals surface area contributed by atoms with Crippen molar-refractivity contribution in [3.63, 3.8) is 0 Å². The number of hydrogen-bond acceptors (Lipinski definition) is 6. The molecule has 3 aromatic rings. The monoisotopic (exact) mass is 307 g/mol. The molecule has 0 aliphatic rings. The summed E-state index contributed by atoms with van der Waals surface area (Å²) >= 11 is 0. The Balaban J connectivity index is 1.74. The van der Waals surface area contributed by atoms with Gasteiger partial charge in [0.05, 0.1) is 0 Å². The van der Waals surface area contributed by atoms with Gasteiger partial charge >= 0.3 is 0 Å². The van der Waals surface area contributed by atoms with Gasteiger partial charge in [0.2, 0.25) is 5.88 Å². The van der Waals surface area contributed by atoms with Crippen LogP contribution >= 0.6 is 0 Å². The van der Waals surface area contributed by atoms with Crippen LogP contribution < -0.4 is 15.8 Å². The fraction of sp³-hybridized carbons (Fsp3) is 0.118. The fourth-order valence-electron chi connectivity index (χ4n) is 2.01. The molecule has 0 atom stereocenters. The maximum Gasteiger partial charge on any atom is 0.248 e. The van der Waals surface area contributed by atoms with Gasteiger partial charge < -0.3 is 15.8 Å². The molecule has 6 nitrogen and oxygen atoms in total. The third-order valence-corrected chi connectivity index (χ3v) is 3.27. The fourth-order valence-corrected chi connectivity index (χ4v) is 2.01. The lowest BCUT2D eigenvalue weighted by Gasteiger charge is -2.11. The smallest absolute Gasteiger partial charge is 0.248 e. The number of anilines is 2. The number of benzene rings is 1. The Kier molecular flexibility index (Phi) is 4.33. The molecule has 0 spiro atoms. The quantitative estimate of drug-likeness (QED) is 0.753. The lowest BCUT2D eigenvalue weighted by molar-refractivity contribution is 0.464. The van der Waals surface area contributed by atoms with Crippen molar-refractivity contribution in [2.45, 2.75) is 13.5 Å². The second kappa shape index (κ2) is 6.74. The van der Waals surface area contributed by atoms with Gasteiger partial charge in [0, 0.05) is 18.9 Å². The van der Waals surface area contributed by atoms with E-state index in [0.717, 1.165) is 11.1 Å². The number of ether oxygens (including phenoxy) is 1. The predicted molar refractivity (Wildman–Crippen MR) is 89.3 cm³/mol. The van der Waals surface area contributed by atoms with Crippen LogP contribution in [-0.4, -0.2) is 15.0 Å². The summed E-state index contributed by atoms with van der Waals surface area (Å²) in [7, 11) is 0. The van der Waals surface area contributed by atoms with E-state index in [4.69, 9.17) is 10.5 Å². The van der Waals surface area contributed by atoms with Gasteiger partial charge in [-0.25, -0.2) is 4.98 Å². The minimum atomic E-state index is 0.331. The summed E-state index contributed by atoms with van der Waals surface area (Å²) in [6.45, 7) is 2.59. The number of nitrogens with two attached hydrogens (primary N) is 1. The molecule has 6 heteroatoms.